The van der Waals surface area contributed by atoms with E-state index in [9.17, 15) is 18.0 Å². The molecular formula is C26H35BrClN3O5S. The lowest BCUT2D eigenvalue weighted by Gasteiger charge is -2.30. The summed E-state index contributed by atoms with van der Waals surface area (Å²) in [5.74, 6) is -0.0383. The number of sulfonamides is 1. The van der Waals surface area contributed by atoms with Gasteiger partial charge < -0.3 is 15.0 Å². The Morgan fingerprint density at radius 3 is 2.32 bits per heavy atom. The third kappa shape index (κ3) is 9.19. The van der Waals surface area contributed by atoms with Crippen LogP contribution in [0.25, 0.3) is 0 Å². The number of amides is 2. The molecule has 0 saturated heterocycles. The van der Waals surface area contributed by atoms with Crippen LogP contribution in [0.4, 0.5) is 5.69 Å². The molecule has 204 valence electrons. The van der Waals surface area contributed by atoms with Crippen LogP contribution in [0, 0.1) is 0 Å². The molecule has 2 aromatic rings. The second-order valence-electron chi connectivity index (χ2n) is 8.90. The largest absolute Gasteiger partial charge is 0.495 e. The third-order valence-corrected chi connectivity index (χ3v) is 8.03. The molecule has 37 heavy (non-hydrogen) atoms. The topological polar surface area (TPSA) is 96.0 Å². The van der Waals surface area contributed by atoms with Crippen molar-refractivity contribution in [2.45, 2.75) is 58.7 Å². The lowest BCUT2D eigenvalue weighted by atomic mass is 10.1. The van der Waals surface area contributed by atoms with Crippen LogP contribution in [0.15, 0.2) is 46.9 Å². The van der Waals surface area contributed by atoms with Crippen LogP contribution >= 0.6 is 27.5 Å². The first-order valence-electron chi connectivity index (χ1n) is 12.0. The van der Waals surface area contributed by atoms with Crippen molar-refractivity contribution in [2.24, 2.45) is 0 Å². The van der Waals surface area contributed by atoms with Crippen molar-refractivity contribution in [1.82, 2.24) is 10.2 Å². The van der Waals surface area contributed by atoms with Crippen LogP contribution in [0.5, 0.6) is 5.75 Å². The second kappa shape index (κ2) is 14.0. The smallest absolute Gasteiger partial charge is 0.242 e. The van der Waals surface area contributed by atoms with E-state index < -0.39 is 16.1 Å². The maximum Gasteiger partial charge on any atom is 0.242 e. The monoisotopic (exact) mass is 615 g/mol. The fraction of sp³-hybridized carbons (Fsp3) is 0.462. The molecule has 0 unspecified atom stereocenters. The van der Waals surface area contributed by atoms with Crippen molar-refractivity contribution in [2.75, 3.05) is 24.2 Å². The standard InChI is InChI=1S/C26H35BrClN3O5S/c1-6-18(2)29-26(33)19(3)30(17-20-9-11-21(27)12-10-20)25(32)8-7-15-31(37(5,34)35)22-13-14-24(36-4)23(28)16-22/h9-14,16,18-19H,6-8,15,17H2,1-5H3,(H,29,33)/t18-,19+/m1/s1. The van der Waals surface area contributed by atoms with Crippen molar-refractivity contribution in [1.29, 1.82) is 0 Å². The number of hydrogen-bond donors (Lipinski definition) is 1. The Labute approximate surface area is 233 Å². The molecule has 0 aliphatic rings. The van der Waals surface area contributed by atoms with Gasteiger partial charge in [-0.2, -0.15) is 0 Å². The molecule has 8 nitrogen and oxygen atoms in total. The van der Waals surface area contributed by atoms with Crippen molar-refractivity contribution < 1.29 is 22.7 Å². The van der Waals surface area contributed by atoms with Crippen LogP contribution in [0.3, 0.4) is 0 Å². The van der Waals surface area contributed by atoms with Crippen LogP contribution in [-0.2, 0) is 26.2 Å². The van der Waals surface area contributed by atoms with Crippen LogP contribution in [0.2, 0.25) is 5.02 Å². The van der Waals surface area contributed by atoms with Crippen molar-refractivity contribution in [3.63, 3.8) is 0 Å². The summed E-state index contributed by atoms with van der Waals surface area (Å²) in [6, 6.07) is 11.6. The van der Waals surface area contributed by atoms with Gasteiger partial charge in [0.25, 0.3) is 0 Å². The van der Waals surface area contributed by atoms with E-state index in [2.05, 4.69) is 21.2 Å². The summed E-state index contributed by atoms with van der Waals surface area (Å²) < 4.78 is 32.3. The number of carbonyl (C=O) groups excluding carboxylic acids is 2. The molecule has 0 aliphatic carbocycles. The molecule has 0 fully saturated rings. The number of hydrogen-bond acceptors (Lipinski definition) is 5. The highest BCUT2D eigenvalue weighted by atomic mass is 79.9. The van der Waals surface area contributed by atoms with E-state index in [-0.39, 0.29) is 48.8 Å². The molecular weight excluding hydrogens is 582 g/mol. The number of halogens is 2. The van der Waals surface area contributed by atoms with Gasteiger partial charge >= 0.3 is 0 Å². The summed E-state index contributed by atoms with van der Waals surface area (Å²) in [6.45, 7) is 5.93. The lowest BCUT2D eigenvalue weighted by molar-refractivity contribution is -0.140. The molecule has 11 heteroatoms. The van der Waals surface area contributed by atoms with Gasteiger partial charge in [0.2, 0.25) is 21.8 Å². The Morgan fingerprint density at radius 1 is 1.14 bits per heavy atom. The van der Waals surface area contributed by atoms with Gasteiger partial charge in [0.1, 0.15) is 11.8 Å². The van der Waals surface area contributed by atoms with Crippen LogP contribution < -0.4 is 14.4 Å². The summed E-state index contributed by atoms with van der Waals surface area (Å²) in [4.78, 5) is 27.8. The third-order valence-electron chi connectivity index (χ3n) is 6.01. The molecule has 2 amide bonds. The number of carbonyl (C=O) groups is 2. The summed E-state index contributed by atoms with van der Waals surface area (Å²) in [6.07, 6.45) is 2.20. The van der Waals surface area contributed by atoms with Gasteiger partial charge in [-0.15, -0.1) is 0 Å². The predicted molar refractivity (Wildman–Crippen MR) is 151 cm³/mol. The molecule has 0 heterocycles. The number of nitrogens with one attached hydrogen (secondary N) is 1. The van der Waals surface area contributed by atoms with E-state index in [4.69, 9.17) is 16.3 Å². The molecule has 2 aromatic carbocycles. The van der Waals surface area contributed by atoms with E-state index >= 15 is 0 Å². The Hall–Kier alpha value is -2.30. The summed E-state index contributed by atoms with van der Waals surface area (Å²) in [5.41, 5.74) is 1.26. The Morgan fingerprint density at radius 2 is 1.78 bits per heavy atom. The van der Waals surface area contributed by atoms with E-state index in [1.54, 1.807) is 19.1 Å². The molecule has 0 bridgehead atoms. The van der Waals surface area contributed by atoms with E-state index in [0.29, 0.717) is 11.4 Å². The zero-order chi connectivity index (χ0) is 27.8. The number of nitrogens with zero attached hydrogens (tertiary/aromatic N) is 2. The van der Waals surface area contributed by atoms with Crippen molar-refractivity contribution >= 4 is 55.1 Å². The average Bonchev–Trinajstić information content (AvgIpc) is 2.84. The number of methoxy groups -OCH3 is 1. The van der Waals surface area contributed by atoms with Gasteiger partial charge in [0, 0.05) is 30.0 Å². The van der Waals surface area contributed by atoms with Crippen LogP contribution in [-0.4, -0.2) is 57.1 Å². The van der Waals surface area contributed by atoms with Gasteiger partial charge in [-0.1, -0.05) is 46.6 Å². The molecule has 0 saturated carbocycles. The maximum atomic E-state index is 13.4. The first-order valence-corrected chi connectivity index (χ1v) is 15.0. The Balaban J connectivity index is 2.19. The normalized spacial score (nSPS) is 12.9. The fourth-order valence-electron chi connectivity index (χ4n) is 3.65. The number of anilines is 1. The maximum absolute atomic E-state index is 13.4. The predicted octanol–water partition coefficient (Wildman–Crippen LogP) is 4.99. The molecule has 2 rings (SSSR count). The van der Waals surface area contributed by atoms with Gasteiger partial charge in [-0.05, 0) is 62.6 Å². The summed E-state index contributed by atoms with van der Waals surface area (Å²) in [7, 11) is -2.15. The Kier molecular flexibility index (Phi) is 11.7. The minimum atomic E-state index is -3.63. The zero-order valence-corrected chi connectivity index (χ0v) is 25.0. The summed E-state index contributed by atoms with van der Waals surface area (Å²) >= 11 is 9.61. The highest BCUT2D eigenvalue weighted by Gasteiger charge is 2.27. The summed E-state index contributed by atoms with van der Waals surface area (Å²) in [5, 5.41) is 3.22. The van der Waals surface area contributed by atoms with E-state index in [1.807, 2.05) is 38.1 Å². The number of rotatable bonds is 13. The van der Waals surface area contributed by atoms with Gasteiger partial charge in [0.05, 0.1) is 24.1 Å². The second-order valence-corrected chi connectivity index (χ2v) is 12.1. The molecule has 2 atom stereocenters. The molecule has 0 radical (unpaired) electrons. The molecule has 0 spiro atoms. The van der Waals surface area contributed by atoms with Crippen LogP contribution in [0.1, 0.15) is 45.6 Å². The first-order chi connectivity index (χ1) is 17.4. The molecule has 0 aromatic heterocycles. The quantitative estimate of drug-likeness (QED) is 0.342. The number of ether oxygens (including phenoxy) is 1. The lowest BCUT2D eigenvalue weighted by Crippen LogP contribution is -2.49. The highest BCUT2D eigenvalue weighted by Crippen LogP contribution is 2.30. The number of benzene rings is 2. The van der Waals surface area contributed by atoms with Crippen molar-refractivity contribution in [3.05, 3.63) is 57.5 Å². The minimum absolute atomic E-state index is 0.0146. The zero-order valence-electron chi connectivity index (χ0n) is 21.8. The Bertz CT molecular complexity index is 1180. The average molecular weight is 617 g/mol. The molecule has 0 aliphatic heterocycles. The SMILES string of the molecule is CC[C@@H](C)NC(=O)[C@H](C)N(Cc1ccc(Br)cc1)C(=O)CCCN(c1ccc(OC)c(Cl)c1)S(C)(=O)=O. The fourth-order valence-corrected chi connectivity index (χ4v) is 5.12. The first kappa shape index (κ1) is 30.9. The van der Waals surface area contributed by atoms with Gasteiger partial charge in [-0.3, -0.25) is 13.9 Å². The van der Waals surface area contributed by atoms with E-state index in [1.165, 1.54) is 22.4 Å². The molecule has 1 N–H and O–H groups in total. The van der Waals surface area contributed by atoms with Crippen molar-refractivity contribution in [3.8, 4) is 5.75 Å². The van der Waals surface area contributed by atoms with Gasteiger partial charge in [-0.25, -0.2) is 8.42 Å². The van der Waals surface area contributed by atoms with Gasteiger partial charge in [0.15, 0.2) is 0 Å². The van der Waals surface area contributed by atoms with E-state index in [0.717, 1.165) is 22.7 Å². The minimum Gasteiger partial charge on any atom is -0.495 e. The highest BCUT2D eigenvalue weighted by molar-refractivity contribution is 9.10.